The molecule has 1 aromatic carbocycles. The first kappa shape index (κ1) is 13.4. The summed E-state index contributed by atoms with van der Waals surface area (Å²) >= 11 is 5.83. The van der Waals surface area contributed by atoms with Crippen LogP contribution in [-0.2, 0) is 13.5 Å². The van der Waals surface area contributed by atoms with Gasteiger partial charge < -0.3 is 9.84 Å². The Hall–Kier alpha value is -2.01. The number of carbonyl (C=O) groups is 1. The third-order valence-corrected chi connectivity index (χ3v) is 2.82. The van der Waals surface area contributed by atoms with Crippen molar-refractivity contribution in [1.82, 2.24) is 9.78 Å². The van der Waals surface area contributed by atoms with Gasteiger partial charge in [-0.05, 0) is 23.8 Å². The number of hydrogen-bond donors (Lipinski definition) is 1. The van der Waals surface area contributed by atoms with Crippen molar-refractivity contribution >= 4 is 17.6 Å². The van der Waals surface area contributed by atoms with Gasteiger partial charge in [0.15, 0.2) is 0 Å². The van der Waals surface area contributed by atoms with Crippen LogP contribution in [0.3, 0.4) is 0 Å². The minimum absolute atomic E-state index is 0.107. The molecular weight excluding hydrogens is 268 g/mol. The van der Waals surface area contributed by atoms with E-state index in [-0.39, 0.29) is 11.3 Å². The molecule has 0 unspecified atom stereocenters. The number of aromatic carboxylic acids is 1. The Bertz CT molecular complexity index is 595. The first-order valence-electron chi connectivity index (χ1n) is 5.69. The van der Waals surface area contributed by atoms with E-state index in [4.69, 9.17) is 21.4 Å². The Morgan fingerprint density at radius 1 is 1.53 bits per heavy atom. The molecular formula is C13H13ClN2O3. The third-order valence-electron chi connectivity index (χ3n) is 2.58. The smallest absolute Gasteiger partial charge is 0.339 e. The highest BCUT2D eigenvalue weighted by molar-refractivity contribution is 6.30. The van der Waals surface area contributed by atoms with Crippen molar-refractivity contribution in [3.63, 3.8) is 0 Å². The lowest BCUT2D eigenvalue weighted by Crippen LogP contribution is -2.06. The maximum absolute atomic E-state index is 11.0. The highest BCUT2D eigenvalue weighted by Crippen LogP contribution is 2.23. The second-order valence-electron chi connectivity index (χ2n) is 4.07. The third kappa shape index (κ3) is 3.48. The van der Waals surface area contributed by atoms with Crippen LogP contribution in [0.2, 0.25) is 5.02 Å². The summed E-state index contributed by atoms with van der Waals surface area (Å²) in [5, 5.41) is 13.5. The summed E-state index contributed by atoms with van der Waals surface area (Å²) in [5.74, 6) is -0.753. The van der Waals surface area contributed by atoms with Gasteiger partial charge in [-0.15, -0.1) is 0 Å². The molecule has 2 aromatic rings. The van der Waals surface area contributed by atoms with Gasteiger partial charge in [0.1, 0.15) is 11.3 Å². The minimum Gasteiger partial charge on any atom is -0.492 e. The van der Waals surface area contributed by atoms with Gasteiger partial charge in [-0.3, -0.25) is 4.68 Å². The zero-order valence-electron chi connectivity index (χ0n) is 10.3. The Labute approximate surface area is 115 Å². The number of halogens is 1. The molecule has 0 aliphatic rings. The molecule has 6 heteroatoms. The monoisotopic (exact) mass is 280 g/mol. The number of ether oxygens (including phenoxy) is 1. The normalized spacial score (nSPS) is 10.4. The average Bonchev–Trinajstić information content (AvgIpc) is 2.75. The summed E-state index contributed by atoms with van der Waals surface area (Å²) in [7, 11) is 1.84. The Morgan fingerprint density at radius 3 is 2.95 bits per heavy atom. The maximum atomic E-state index is 11.0. The lowest BCUT2D eigenvalue weighted by atomic mass is 10.2. The van der Waals surface area contributed by atoms with Crippen molar-refractivity contribution in [2.75, 3.05) is 6.61 Å². The summed E-state index contributed by atoms with van der Waals surface area (Å²) in [5.41, 5.74) is 1.14. The zero-order valence-corrected chi connectivity index (χ0v) is 11.1. The molecule has 0 bridgehead atoms. The molecule has 0 atom stereocenters. The van der Waals surface area contributed by atoms with Gasteiger partial charge in [-0.2, -0.15) is 5.10 Å². The first-order chi connectivity index (χ1) is 9.06. The van der Waals surface area contributed by atoms with E-state index in [1.54, 1.807) is 10.9 Å². The van der Waals surface area contributed by atoms with Gasteiger partial charge in [0.05, 0.1) is 12.8 Å². The molecule has 19 heavy (non-hydrogen) atoms. The SMILES string of the molecule is Cn1cc(CCOc2cc(Cl)ccc2C(=O)O)cn1. The van der Waals surface area contributed by atoms with Gasteiger partial charge in [0.2, 0.25) is 0 Å². The van der Waals surface area contributed by atoms with Crippen molar-refractivity contribution in [3.8, 4) is 5.75 Å². The van der Waals surface area contributed by atoms with E-state index in [0.717, 1.165) is 5.56 Å². The Kier molecular flexibility index (Phi) is 4.06. The van der Waals surface area contributed by atoms with Gasteiger partial charge in [-0.25, -0.2) is 4.79 Å². The second kappa shape index (κ2) is 5.75. The summed E-state index contributed by atoms with van der Waals surface area (Å²) in [6.07, 6.45) is 4.29. The molecule has 0 saturated carbocycles. The van der Waals surface area contributed by atoms with Crippen LogP contribution in [0.1, 0.15) is 15.9 Å². The highest BCUT2D eigenvalue weighted by atomic mass is 35.5. The van der Waals surface area contributed by atoms with Crippen molar-refractivity contribution in [2.24, 2.45) is 7.05 Å². The summed E-state index contributed by atoms with van der Waals surface area (Å²) in [6, 6.07) is 4.47. The zero-order chi connectivity index (χ0) is 13.8. The van der Waals surface area contributed by atoms with Gasteiger partial charge in [-0.1, -0.05) is 11.6 Å². The largest absolute Gasteiger partial charge is 0.492 e. The number of benzene rings is 1. The first-order valence-corrected chi connectivity index (χ1v) is 6.07. The quantitative estimate of drug-likeness (QED) is 0.913. The molecule has 1 aromatic heterocycles. The standard InChI is InChI=1S/C13H13ClN2O3/c1-16-8-9(7-15-16)4-5-19-12-6-10(14)2-3-11(12)13(17)18/h2-3,6-8H,4-5H2,1H3,(H,17,18). The van der Waals surface area contributed by atoms with Crippen LogP contribution in [0, 0.1) is 0 Å². The van der Waals surface area contributed by atoms with Gasteiger partial charge >= 0.3 is 5.97 Å². The molecule has 0 aliphatic carbocycles. The second-order valence-corrected chi connectivity index (χ2v) is 4.50. The van der Waals surface area contributed by atoms with Crippen LogP contribution < -0.4 is 4.74 Å². The fourth-order valence-electron chi connectivity index (χ4n) is 1.67. The van der Waals surface area contributed by atoms with Crippen LogP contribution in [0.25, 0.3) is 0 Å². The molecule has 100 valence electrons. The molecule has 1 heterocycles. The molecule has 0 amide bonds. The number of nitrogens with zero attached hydrogens (tertiary/aromatic N) is 2. The number of aryl methyl sites for hydroxylation is 1. The summed E-state index contributed by atoms with van der Waals surface area (Å²) in [6.45, 7) is 0.367. The van der Waals surface area contributed by atoms with E-state index < -0.39 is 5.97 Å². The van der Waals surface area contributed by atoms with Crippen LogP contribution in [0.4, 0.5) is 0 Å². The summed E-state index contributed by atoms with van der Waals surface area (Å²) in [4.78, 5) is 11.0. The Morgan fingerprint density at radius 2 is 2.32 bits per heavy atom. The topological polar surface area (TPSA) is 64.3 Å². The van der Waals surface area contributed by atoms with E-state index in [1.165, 1.54) is 18.2 Å². The molecule has 0 fully saturated rings. The molecule has 0 saturated heterocycles. The lowest BCUT2D eigenvalue weighted by Gasteiger charge is -2.08. The maximum Gasteiger partial charge on any atom is 0.339 e. The highest BCUT2D eigenvalue weighted by Gasteiger charge is 2.11. The van der Waals surface area contributed by atoms with Crippen LogP contribution in [-0.4, -0.2) is 27.5 Å². The van der Waals surface area contributed by atoms with E-state index >= 15 is 0 Å². The predicted molar refractivity (Wildman–Crippen MR) is 70.8 cm³/mol. The van der Waals surface area contributed by atoms with Crippen LogP contribution in [0.15, 0.2) is 30.6 Å². The lowest BCUT2D eigenvalue weighted by molar-refractivity contribution is 0.0692. The number of carboxylic acid groups (broad SMARTS) is 1. The van der Waals surface area contributed by atoms with Crippen molar-refractivity contribution in [2.45, 2.75) is 6.42 Å². The summed E-state index contributed by atoms with van der Waals surface area (Å²) < 4.78 is 7.20. The molecule has 5 nitrogen and oxygen atoms in total. The number of rotatable bonds is 5. The number of aromatic nitrogens is 2. The molecule has 0 aliphatic heterocycles. The van der Waals surface area contributed by atoms with E-state index in [1.807, 2.05) is 13.2 Å². The van der Waals surface area contributed by atoms with Crippen LogP contribution in [0.5, 0.6) is 5.75 Å². The minimum atomic E-state index is -1.03. The van der Waals surface area contributed by atoms with E-state index in [9.17, 15) is 4.79 Å². The van der Waals surface area contributed by atoms with E-state index in [2.05, 4.69) is 5.10 Å². The van der Waals surface area contributed by atoms with Gasteiger partial charge in [0, 0.05) is 24.7 Å². The molecule has 2 rings (SSSR count). The van der Waals surface area contributed by atoms with Crippen molar-refractivity contribution in [3.05, 3.63) is 46.7 Å². The van der Waals surface area contributed by atoms with E-state index in [0.29, 0.717) is 18.1 Å². The van der Waals surface area contributed by atoms with Crippen LogP contribution >= 0.6 is 11.6 Å². The average molecular weight is 281 g/mol. The molecule has 0 radical (unpaired) electrons. The van der Waals surface area contributed by atoms with Crippen molar-refractivity contribution < 1.29 is 14.6 Å². The number of hydrogen-bond acceptors (Lipinski definition) is 3. The molecule has 1 N–H and O–H groups in total. The fraction of sp³-hybridized carbons (Fsp3) is 0.231. The fourth-order valence-corrected chi connectivity index (χ4v) is 1.83. The molecule has 0 spiro atoms. The Balaban J connectivity index is 2.02. The number of carboxylic acids is 1. The van der Waals surface area contributed by atoms with Gasteiger partial charge in [0.25, 0.3) is 0 Å². The predicted octanol–water partition coefficient (Wildman–Crippen LogP) is 2.39. The van der Waals surface area contributed by atoms with Crippen molar-refractivity contribution in [1.29, 1.82) is 0 Å².